The zero-order valence-corrected chi connectivity index (χ0v) is 9.68. The fourth-order valence-electron chi connectivity index (χ4n) is 1.20. The molecule has 0 bridgehead atoms. The number of ether oxygens (including phenoxy) is 1. The van der Waals surface area contributed by atoms with E-state index in [9.17, 15) is 22.8 Å². The van der Waals surface area contributed by atoms with E-state index in [1.54, 1.807) is 0 Å². The maximum Gasteiger partial charge on any atom is 0.472 e. The first kappa shape index (κ1) is 14.7. The number of alkyl halides is 3. The fourth-order valence-corrected chi connectivity index (χ4v) is 1.20. The number of nitrogens with zero attached hydrogens (tertiary/aromatic N) is 1. The molecule has 0 spiro atoms. The summed E-state index contributed by atoms with van der Waals surface area (Å²) in [6.07, 6.45) is -5.41. The van der Waals surface area contributed by atoms with Crippen LogP contribution >= 0.6 is 0 Å². The van der Waals surface area contributed by atoms with E-state index in [4.69, 9.17) is 0 Å². The summed E-state index contributed by atoms with van der Waals surface area (Å²) in [5, 5.41) is 0. The van der Waals surface area contributed by atoms with Crippen LogP contribution in [-0.2, 0) is 9.53 Å². The molecule has 0 aromatic heterocycles. The van der Waals surface area contributed by atoms with Crippen LogP contribution in [0.4, 0.5) is 23.7 Å². The van der Waals surface area contributed by atoms with Crippen molar-refractivity contribution in [3.8, 4) is 0 Å². The highest BCUT2D eigenvalue weighted by molar-refractivity contribution is 6.14. The highest BCUT2D eigenvalue weighted by Crippen LogP contribution is 2.24. The van der Waals surface area contributed by atoms with E-state index in [2.05, 4.69) is 11.3 Å². The Balaban J connectivity index is 3.08. The van der Waals surface area contributed by atoms with Gasteiger partial charge in [0.25, 0.3) is 0 Å². The SMILES string of the molecule is C=CCOC(=O)N(C(=O)C(F)(F)F)c1ccccc1. The number of rotatable bonds is 3. The second-order valence-electron chi connectivity index (χ2n) is 3.34. The van der Waals surface area contributed by atoms with E-state index in [0.29, 0.717) is 0 Å². The number of halogens is 3. The minimum atomic E-state index is -5.18. The van der Waals surface area contributed by atoms with E-state index >= 15 is 0 Å². The maximum absolute atomic E-state index is 12.4. The second-order valence-corrected chi connectivity index (χ2v) is 3.34. The summed E-state index contributed by atoms with van der Waals surface area (Å²) in [6, 6.07) is 6.71. The van der Waals surface area contributed by atoms with Crippen LogP contribution in [0.5, 0.6) is 0 Å². The molecule has 2 amide bonds. The number of para-hydroxylation sites is 1. The van der Waals surface area contributed by atoms with Crippen LogP contribution < -0.4 is 4.90 Å². The van der Waals surface area contributed by atoms with Gasteiger partial charge in [-0.1, -0.05) is 30.9 Å². The van der Waals surface area contributed by atoms with Crippen LogP contribution in [0.3, 0.4) is 0 Å². The molecule has 0 unspecified atom stereocenters. The lowest BCUT2D eigenvalue weighted by Crippen LogP contribution is -2.45. The van der Waals surface area contributed by atoms with Crippen LogP contribution in [-0.4, -0.2) is 24.8 Å². The normalized spacial score (nSPS) is 10.7. The van der Waals surface area contributed by atoms with Gasteiger partial charge in [0, 0.05) is 0 Å². The lowest BCUT2D eigenvalue weighted by molar-refractivity contribution is -0.169. The van der Waals surface area contributed by atoms with Crippen LogP contribution in [0.2, 0.25) is 0 Å². The van der Waals surface area contributed by atoms with E-state index in [1.165, 1.54) is 36.4 Å². The first-order valence-electron chi connectivity index (χ1n) is 5.12. The zero-order valence-electron chi connectivity index (χ0n) is 9.68. The third-order valence-electron chi connectivity index (χ3n) is 1.97. The van der Waals surface area contributed by atoms with Crippen molar-refractivity contribution in [3.05, 3.63) is 43.0 Å². The van der Waals surface area contributed by atoms with Crippen LogP contribution in [0, 0.1) is 0 Å². The Kier molecular flexibility index (Phi) is 4.68. The van der Waals surface area contributed by atoms with Crippen molar-refractivity contribution in [2.24, 2.45) is 0 Å². The largest absolute Gasteiger partial charge is 0.472 e. The predicted octanol–water partition coefficient (Wildman–Crippen LogP) is 2.90. The van der Waals surface area contributed by atoms with Crippen LogP contribution in [0.1, 0.15) is 0 Å². The Bertz CT molecular complexity index is 471. The van der Waals surface area contributed by atoms with Crippen molar-refractivity contribution in [1.82, 2.24) is 0 Å². The molecule has 0 saturated heterocycles. The van der Waals surface area contributed by atoms with Gasteiger partial charge in [0.15, 0.2) is 0 Å². The monoisotopic (exact) mass is 273 g/mol. The molecule has 0 fully saturated rings. The van der Waals surface area contributed by atoms with Crippen molar-refractivity contribution < 1.29 is 27.5 Å². The molecule has 0 heterocycles. The summed E-state index contributed by atoms with van der Waals surface area (Å²) in [5.41, 5.74) is -0.223. The average Bonchev–Trinajstić information content (AvgIpc) is 2.36. The molecule has 102 valence electrons. The van der Waals surface area contributed by atoms with Gasteiger partial charge in [-0.3, -0.25) is 4.79 Å². The van der Waals surface area contributed by atoms with Gasteiger partial charge < -0.3 is 4.74 Å². The van der Waals surface area contributed by atoms with Gasteiger partial charge in [-0.15, -0.1) is 0 Å². The smallest absolute Gasteiger partial charge is 0.445 e. The molecular weight excluding hydrogens is 263 g/mol. The molecule has 0 saturated carbocycles. The molecule has 7 heteroatoms. The highest BCUT2D eigenvalue weighted by atomic mass is 19.4. The topological polar surface area (TPSA) is 46.6 Å². The summed E-state index contributed by atoms with van der Waals surface area (Å²) in [7, 11) is 0. The van der Waals surface area contributed by atoms with Gasteiger partial charge in [-0.25, -0.2) is 9.69 Å². The highest BCUT2D eigenvalue weighted by Gasteiger charge is 2.46. The van der Waals surface area contributed by atoms with E-state index in [1.807, 2.05) is 0 Å². The van der Waals surface area contributed by atoms with Crippen molar-refractivity contribution in [2.45, 2.75) is 6.18 Å². The number of carbonyl (C=O) groups is 2. The van der Waals surface area contributed by atoms with Gasteiger partial charge in [-0.05, 0) is 12.1 Å². The number of hydrogen-bond donors (Lipinski definition) is 0. The summed E-state index contributed by atoms with van der Waals surface area (Å²) in [4.78, 5) is 22.7. The van der Waals surface area contributed by atoms with Gasteiger partial charge in [0.05, 0.1) is 5.69 Å². The Hall–Kier alpha value is -2.31. The van der Waals surface area contributed by atoms with Gasteiger partial charge in [-0.2, -0.15) is 13.2 Å². The third-order valence-corrected chi connectivity index (χ3v) is 1.97. The van der Waals surface area contributed by atoms with Crippen LogP contribution in [0.25, 0.3) is 0 Å². The number of imide groups is 1. The number of hydrogen-bond acceptors (Lipinski definition) is 3. The lowest BCUT2D eigenvalue weighted by atomic mass is 10.3. The molecule has 0 N–H and O–H groups in total. The molecule has 1 aromatic rings. The fraction of sp³-hybridized carbons (Fsp3) is 0.167. The Labute approximate surface area is 107 Å². The summed E-state index contributed by atoms with van der Waals surface area (Å²) >= 11 is 0. The number of benzene rings is 1. The van der Waals surface area contributed by atoms with Crippen molar-refractivity contribution in [3.63, 3.8) is 0 Å². The summed E-state index contributed by atoms with van der Waals surface area (Å²) in [5.74, 6) is -2.31. The van der Waals surface area contributed by atoms with Gasteiger partial charge >= 0.3 is 18.2 Å². The number of carbonyl (C=O) groups excluding carboxylic acids is 2. The Morgan fingerprint density at radius 2 is 1.84 bits per heavy atom. The van der Waals surface area contributed by atoms with Crippen molar-refractivity contribution in [2.75, 3.05) is 11.5 Å². The maximum atomic E-state index is 12.4. The minimum Gasteiger partial charge on any atom is -0.445 e. The number of amides is 2. The predicted molar refractivity (Wildman–Crippen MR) is 61.5 cm³/mol. The second kappa shape index (κ2) is 6.03. The van der Waals surface area contributed by atoms with E-state index < -0.39 is 18.2 Å². The molecule has 1 aromatic carbocycles. The molecule has 4 nitrogen and oxygen atoms in total. The average molecular weight is 273 g/mol. The molecule has 1 rings (SSSR count). The summed E-state index contributed by atoms with van der Waals surface area (Å²) < 4.78 is 41.8. The zero-order chi connectivity index (χ0) is 14.5. The lowest BCUT2D eigenvalue weighted by Gasteiger charge is -2.21. The molecule has 0 atom stereocenters. The first-order chi connectivity index (χ1) is 8.88. The van der Waals surface area contributed by atoms with Crippen molar-refractivity contribution in [1.29, 1.82) is 0 Å². The molecule has 0 aliphatic heterocycles. The van der Waals surface area contributed by atoms with Gasteiger partial charge in [0.2, 0.25) is 0 Å². The summed E-state index contributed by atoms with van der Waals surface area (Å²) in [6.45, 7) is 2.96. The molecule has 0 radical (unpaired) electrons. The quantitative estimate of drug-likeness (QED) is 0.795. The number of anilines is 1. The Morgan fingerprint density at radius 1 is 1.26 bits per heavy atom. The molecule has 0 aliphatic carbocycles. The van der Waals surface area contributed by atoms with E-state index in [0.717, 1.165) is 0 Å². The molecule has 0 aliphatic rings. The molecular formula is C12H10F3NO3. The standard InChI is InChI=1S/C12H10F3NO3/c1-2-8-19-11(18)16(10(17)12(13,14)15)9-6-4-3-5-7-9/h2-7H,1,8H2. The van der Waals surface area contributed by atoms with Crippen molar-refractivity contribution >= 4 is 17.7 Å². The van der Waals surface area contributed by atoms with E-state index in [-0.39, 0.29) is 17.2 Å². The Morgan fingerprint density at radius 3 is 2.32 bits per heavy atom. The first-order valence-corrected chi connectivity index (χ1v) is 5.12. The molecule has 19 heavy (non-hydrogen) atoms. The minimum absolute atomic E-state index is 0.0660. The third kappa shape index (κ3) is 3.84. The van der Waals surface area contributed by atoms with Crippen LogP contribution in [0.15, 0.2) is 43.0 Å². The van der Waals surface area contributed by atoms with Gasteiger partial charge in [0.1, 0.15) is 6.61 Å².